The van der Waals surface area contributed by atoms with Crippen LogP contribution in [0.1, 0.15) is 18.9 Å². The molecule has 1 aromatic carbocycles. The minimum Gasteiger partial charge on any atom is -0.464 e. The van der Waals surface area contributed by atoms with Crippen molar-refractivity contribution in [3.05, 3.63) is 47.7 Å². The number of ether oxygens (including phenoxy) is 1. The second kappa shape index (κ2) is 7.69. The molecule has 0 saturated heterocycles. The first-order chi connectivity index (χ1) is 10.2. The molecule has 1 aliphatic heterocycles. The molecule has 1 unspecified atom stereocenters. The number of carbonyl (C=O) groups is 1. The van der Waals surface area contributed by atoms with Crippen LogP contribution in [0, 0.1) is 0 Å². The van der Waals surface area contributed by atoms with Gasteiger partial charge in [0.1, 0.15) is 0 Å². The molecule has 5 nitrogen and oxygen atoms in total. The smallest absolute Gasteiger partial charge is 0.362 e. The van der Waals surface area contributed by atoms with E-state index in [1.165, 1.54) is 12.7 Å². The third-order valence-corrected chi connectivity index (χ3v) is 3.44. The lowest BCUT2D eigenvalue weighted by Crippen LogP contribution is -2.30. The van der Waals surface area contributed by atoms with E-state index < -0.39 is 0 Å². The second-order valence-electron chi connectivity index (χ2n) is 5.07. The highest BCUT2D eigenvalue weighted by Gasteiger charge is 2.28. The Balaban J connectivity index is 1.69. The molecule has 0 amide bonds. The van der Waals surface area contributed by atoms with E-state index in [9.17, 15) is 4.79 Å². The van der Waals surface area contributed by atoms with Crippen molar-refractivity contribution in [3.63, 3.8) is 0 Å². The van der Waals surface area contributed by atoms with E-state index >= 15 is 0 Å². The maximum absolute atomic E-state index is 11.4. The number of nitrogens with zero attached hydrogens (tertiary/aromatic N) is 2. The summed E-state index contributed by atoms with van der Waals surface area (Å²) in [6, 6.07) is 10.6. The molecule has 0 aliphatic carbocycles. The van der Waals surface area contributed by atoms with Crippen LogP contribution in [0.15, 0.2) is 47.2 Å². The zero-order chi connectivity index (χ0) is 15.1. The van der Waals surface area contributed by atoms with Gasteiger partial charge in [-0.05, 0) is 18.4 Å². The van der Waals surface area contributed by atoms with Crippen molar-refractivity contribution in [2.45, 2.75) is 25.8 Å². The van der Waals surface area contributed by atoms with E-state index in [-0.39, 0.29) is 12.0 Å². The first-order valence-electron chi connectivity index (χ1n) is 7.24. The van der Waals surface area contributed by atoms with Gasteiger partial charge < -0.3 is 4.74 Å². The third kappa shape index (κ3) is 4.49. The van der Waals surface area contributed by atoms with Gasteiger partial charge in [-0.15, -0.1) is 4.70 Å². The Morgan fingerprint density at radius 3 is 2.86 bits per heavy atom. The van der Waals surface area contributed by atoms with E-state index in [4.69, 9.17) is 0 Å². The van der Waals surface area contributed by atoms with Gasteiger partial charge in [-0.3, -0.25) is 5.32 Å². The number of methoxy groups -OCH3 is 1. The first-order valence-corrected chi connectivity index (χ1v) is 7.24. The molecule has 1 aromatic rings. The highest BCUT2D eigenvalue weighted by Crippen LogP contribution is 2.12. The quantitative estimate of drug-likeness (QED) is 0.475. The van der Waals surface area contributed by atoms with Gasteiger partial charge in [-0.1, -0.05) is 30.3 Å². The molecule has 112 valence electrons. The zero-order valence-corrected chi connectivity index (χ0v) is 12.6. The van der Waals surface area contributed by atoms with Crippen molar-refractivity contribution >= 4 is 5.97 Å². The van der Waals surface area contributed by atoms with Crippen molar-refractivity contribution in [1.82, 2.24) is 5.32 Å². The second-order valence-corrected chi connectivity index (χ2v) is 5.07. The lowest BCUT2D eigenvalue weighted by Gasteiger charge is -2.04. The summed E-state index contributed by atoms with van der Waals surface area (Å²) >= 11 is 0. The van der Waals surface area contributed by atoms with E-state index in [1.807, 2.05) is 23.8 Å². The van der Waals surface area contributed by atoms with Gasteiger partial charge in [0.15, 0.2) is 6.04 Å². The number of hydrogen-bond donors (Lipinski definition) is 1. The van der Waals surface area contributed by atoms with Crippen LogP contribution < -0.4 is 5.32 Å². The molecule has 5 heteroatoms. The molecule has 0 fully saturated rings. The molecule has 1 heterocycles. The lowest BCUT2D eigenvalue weighted by atomic mass is 10.1. The van der Waals surface area contributed by atoms with Gasteiger partial charge in [0.05, 0.1) is 7.11 Å². The first kappa shape index (κ1) is 15.4. The van der Waals surface area contributed by atoms with Gasteiger partial charge >= 0.3 is 5.97 Å². The maximum Gasteiger partial charge on any atom is 0.362 e. The molecule has 2 rings (SSSR count). The van der Waals surface area contributed by atoms with Gasteiger partial charge in [0, 0.05) is 24.7 Å². The van der Waals surface area contributed by atoms with Crippen LogP contribution in [0.2, 0.25) is 0 Å². The van der Waals surface area contributed by atoms with Crippen LogP contribution in [0.5, 0.6) is 0 Å². The summed E-state index contributed by atoms with van der Waals surface area (Å²) in [7, 11) is 1.37. The number of esters is 1. The van der Waals surface area contributed by atoms with Crippen molar-refractivity contribution in [3.8, 4) is 0 Å². The van der Waals surface area contributed by atoms with Crippen molar-refractivity contribution in [2.75, 3.05) is 20.3 Å². The van der Waals surface area contributed by atoms with Crippen molar-refractivity contribution in [2.24, 2.45) is 5.11 Å². The van der Waals surface area contributed by atoms with Crippen LogP contribution in [0.4, 0.5) is 0 Å². The molecular weight excluding hydrogens is 266 g/mol. The number of aryl methyl sites for hydroxylation is 1. The van der Waals surface area contributed by atoms with Crippen molar-refractivity contribution < 1.29 is 14.2 Å². The average molecular weight is 288 g/mol. The molecule has 21 heavy (non-hydrogen) atoms. The van der Waals surface area contributed by atoms with Gasteiger partial charge in [0.2, 0.25) is 12.4 Å². The minimum atomic E-state index is -0.381. The molecule has 0 bridgehead atoms. The topological polar surface area (TPSA) is 53.7 Å². The molecule has 1 N–H and O–H groups in total. The van der Waals surface area contributed by atoms with Crippen molar-refractivity contribution in [1.29, 1.82) is 0 Å². The third-order valence-electron chi connectivity index (χ3n) is 3.44. The number of azo groups is 2. The van der Waals surface area contributed by atoms with Gasteiger partial charge in [-0.25, -0.2) is 4.79 Å². The predicted molar refractivity (Wildman–Crippen MR) is 79.9 cm³/mol. The summed E-state index contributed by atoms with van der Waals surface area (Å²) in [5.41, 5.74) is 1.74. The molecule has 0 spiro atoms. The normalized spacial score (nSPS) is 17.3. The number of benzene rings is 1. The fraction of sp³-hybridized carbons (Fsp3) is 0.438. The number of rotatable bonds is 7. The van der Waals surface area contributed by atoms with E-state index in [2.05, 4.69) is 39.4 Å². The Kier molecular flexibility index (Phi) is 5.63. The summed E-state index contributed by atoms with van der Waals surface area (Å²) in [4.78, 5) is 11.4. The van der Waals surface area contributed by atoms with Crippen LogP contribution in [-0.4, -0.2) is 37.0 Å². The number of nitrogens with one attached hydrogen (secondary N) is 1. The minimum absolute atomic E-state index is 0.112. The summed E-state index contributed by atoms with van der Waals surface area (Å²) in [5, 5.41) is 7.61. The molecule has 1 atom stereocenters. The number of hydrogen-bond acceptors (Lipinski definition) is 4. The largest absolute Gasteiger partial charge is 0.464 e. The molecular formula is C16H22N3O2+. The highest BCUT2D eigenvalue weighted by atomic mass is 16.5. The molecule has 0 radical (unpaired) electrons. The highest BCUT2D eigenvalue weighted by molar-refractivity contribution is 5.87. The Labute approximate surface area is 125 Å². The number of carbonyl (C=O) groups excluding carboxylic acids is 1. The van der Waals surface area contributed by atoms with Gasteiger partial charge in [-0.2, -0.15) is 0 Å². The SMILES string of the molecule is COC(=O)C1=CC(C)[N+](CNCCCc2ccccc2)=N1. The monoisotopic (exact) mass is 288 g/mol. The predicted octanol–water partition coefficient (Wildman–Crippen LogP) is 2.09. The van der Waals surface area contributed by atoms with Crippen LogP contribution in [0.25, 0.3) is 0 Å². The Morgan fingerprint density at radius 2 is 2.14 bits per heavy atom. The van der Waals surface area contributed by atoms with Crippen LogP contribution in [-0.2, 0) is 16.0 Å². The van der Waals surface area contributed by atoms with E-state index in [1.54, 1.807) is 0 Å². The lowest BCUT2D eigenvalue weighted by molar-refractivity contribution is -0.610. The molecule has 0 saturated carbocycles. The fourth-order valence-electron chi connectivity index (χ4n) is 2.23. The van der Waals surface area contributed by atoms with Gasteiger partial charge in [0.25, 0.3) is 0 Å². The summed E-state index contributed by atoms with van der Waals surface area (Å²) in [6.45, 7) is 3.55. The standard InChI is InChI=1S/C16H22N3O2/c1-13-11-15(16(20)21-2)18-19(13)12-17-10-6-9-14-7-4-3-5-8-14/h3-5,7-8,11,13,17H,6,9-10,12H2,1-2H3/q+1. The maximum atomic E-state index is 11.4. The molecule has 0 aromatic heterocycles. The summed E-state index contributed by atoms with van der Waals surface area (Å²) < 4.78 is 6.53. The zero-order valence-electron chi connectivity index (χ0n) is 12.6. The Morgan fingerprint density at radius 1 is 1.38 bits per heavy atom. The summed E-state index contributed by atoms with van der Waals surface area (Å²) in [6.07, 6.45) is 3.95. The summed E-state index contributed by atoms with van der Waals surface area (Å²) in [5.74, 6) is -0.381. The van der Waals surface area contributed by atoms with Crippen LogP contribution in [0.3, 0.4) is 0 Å². The Hall–Kier alpha value is -2.01. The average Bonchev–Trinajstić information content (AvgIpc) is 2.88. The van der Waals surface area contributed by atoms with E-state index in [0.717, 1.165) is 19.4 Å². The fourth-order valence-corrected chi connectivity index (χ4v) is 2.23. The van der Waals surface area contributed by atoms with Crippen LogP contribution >= 0.6 is 0 Å². The Bertz CT molecular complexity index is 538. The molecule has 1 aliphatic rings. The van der Waals surface area contributed by atoms with E-state index in [0.29, 0.717) is 12.4 Å².